The minimum absolute atomic E-state index is 0.172. The Balaban J connectivity index is 2.75. The number of nitrogens with one attached hydrogen (secondary N) is 1. The van der Waals surface area contributed by atoms with Crippen LogP contribution in [0, 0.1) is 21.2 Å². The van der Waals surface area contributed by atoms with E-state index in [1.807, 2.05) is 6.07 Å². The molecule has 0 atom stereocenters. The molecule has 1 rings (SSSR count). The van der Waals surface area contributed by atoms with Crippen LogP contribution in [0.2, 0.25) is 0 Å². The van der Waals surface area contributed by atoms with Gasteiger partial charge in [0.05, 0.1) is 0 Å². The smallest absolute Gasteiger partial charge is 0.124 e. The van der Waals surface area contributed by atoms with Crippen LogP contribution in [-0.4, -0.2) is 6.04 Å². The third-order valence-corrected chi connectivity index (χ3v) is 3.70. The molecule has 0 spiro atoms. The van der Waals surface area contributed by atoms with Gasteiger partial charge in [-0.05, 0) is 65.5 Å². The molecule has 102 valence electrons. The average molecular weight is 363 g/mol. The fourth-order valence-electron chi connectivity index (χ4n) is 2.18. The lowest BCUT2D eigenvalue weighted by atomic mass is 9.95. The van der Waals surface area contributed by atoms with Crippen LogP contribution < -0.4 is 5.32 Å². The summed E-state index contributed by atoms with van der Waals surface area (Å²) >= 11 is 2.18. The van der Waals surface area contributed by atoms with Gasteiger partial charge in [-0.25, -0.2) is 4.39 Å². The van der Waals surface area contributed by atoms with Crippen LogP contribution in [0.5, 0.6) is 0 Å². The Morgan fingerprint density at radius 2 is 1.67 bits per heavy atom. The third kappa shape index (κ3) is 5.55. The van der Waals surface area contributed by atoms with Gasteiger partial charge in [0.2, 0.25) is 0 Å². The fraction of sp³-hybridized carbons (Fsp3) is 0.600. The molecular weight excluding hydrogens is 340 g/mol. The summed E-state index contributed by atoms with van der Waals surface area (Å²) in [5.74, 6) is 1.16. The number of hydrogen-bond acceptors (Lipinski definition) is 1. The van der Waals surface area contributed by atoms with E-state index in [1.54, 1.807) is 6.07 Å². The molecule has 0 aliphatic heterocycles. The van der Waals surface area contributed by atoms with Crippen molar-refractivity contribution in [3.63, 3.8) is 0 Å². The molecule has 1 aromatic carbocycles. The molecular formula is C15H23FIN. The number of hydrogen-bond donors (Lipinski definition) is 1. The topological polar surface area (TPSA) is 12.0 Å². The summed E-state index contributed by atoms with van der Waals surface area (Å²) in [6, 6.07) is 5.39. The van der Waals surface area contributed by atoms with Gasteiger partial charge >= 0.3 is 0 Å². The number of anilines is 1. The Hall–Kier alpha value is -0.320. The Kier molecular flexibility index (Phi) is 6.39. The molecule has 1 aromatic rings. The van der Waals surface area contributed by atoms with Gasteiger partial charge in [0, 0.05) is 15.3 Å². The highest BCUT2D eigenvalue weighted by molar-refractivity contribution is 14.1. The fourth-order valence-corrected chi connectivity index (χ4v) is 2.81. The molecule has 0 saturated heterocycles. The summed E-state index contributed by atoms with van der Waals surface area (Å²) in [6.45, 7) is 8.96. The van der Waals surface area contributed by atoms with Crippen molar-refractivity contribution in [2.45, 2.75) is 46.6 Å². The number of benzene rings is 1. The molecule has 0 aliphatic rings. The van der Waals surface area contributed by atoms with E-state index in [2.05, 4.69) is 55.6 Å². The first-order chi connectivity index (χ1) is 8.38. The Labute approximate surface area is 124 Å². The van der Waals surface area contributed by atoms with E-state index in [0.29, 0.717) is 17.9 Å². The van der Waals surface area contributed by atoms with Crippen molar-refractivity contribution in [1.29, 1.82) is 0 Å². The zero-order valence-electron chi connectivity index (χ0n) is 11.6. The molecule has 1 N–H and O–H groups in total. The van der Waals surface area contributed by atoms with E-state index in [1.165, 1.54) is 6.07 Å². The van der Waals surface area contributed by atoms with Crippen LogP contribution in [0.3, 0.4) is 0 Å². The third-order valence-electron chi connectivity index (χ3n) is 2.80. The van der Waals surface area contributed by atoms with Crippen molar-refractivity contribution in [2.75, 3.05) is 5.32 Å². The van der Waals surface area contributed by atoms with E-state index < -0.39 is 0 Å². The molecule has 0 unspecified atom stereocenters. The van der Waals surface area contributed by atoms with Crippen molar-refractivity contribution in [3.05, 3.63) is 27.6 Å². The highest BCUT2D eigenvalue weighted by Gasteiger charge is 2.14. The first-order valence-corrected chi connectivity index (χ1v) is 7.68. The van der Waals surface area contributed by atoms with Gasteiger partial charge in [0.25, 0.3) is 0 Å². The lowest BCUT2D eigenvalue weighted by Gasteiger charge is -2.24. The second-order valence-corrected chi connectivity index (χ2v) is 6.89. The average Bonchev–Trinajstić information content (AvgIpc) is 2.20. The lowest BCUT2D eigenvalue weighted by Crippen LogP contribution is -2.24. The zero-order chi connectivity index (χ0) is 13.7. The predicted molar refractivity (Wildman–Crippen MR) is 85.4 cm³/mol. The number of rotatable bonds is 6. The minimum atomic E-state index is -0.172. The normalized spacial score (nSPS) is 11.6. The molecule has 0 heterocycles. The van der Waals surface area contributed by atoms with Crippen molar-refractivity contribution in [1.82, 2.24) is 0 Å². The Morgan fingerprint density at radius 3 is 2.11 bits per heavy atom. The van der Waals surface area contributed by atoms with Gasteiger partial charge in [-0.2, -0.15) is 0 Å². The monoisotopic (exact) mass is 363 g/mol. The largest absolute Gasteiger partial charge is 0.381 e. The van der Waals surface area contributed by atoms with E-state index in [0.717, 1.165) is 22.1 Å². The van der Waals surface area contributed by atoms with Crippen LogP contribution >= 0.6 is 22.6 Å². The molecule has 0 aliphatic carbocycles. The Bertz CT molecular complexity index is 367. The summed E-state index contributed by atoms with van der Waals surface area (Å²) in [5.41, 5.74) is 1.04. The quantitative estimate of drug-likeness (QED) is 0.676. The maximum Gasteiger partial charge on any atom is 0.124 e. The molecule has 3 heteroatoms. The van der Waals surface area contributed by atoms with Gasteiger partial charge in [-0.1, -0.05) is 27.7 Å². The first kappa shape index (κ1) is 15.7. The second-order valence-electron chi connectivity index (χ2n) is 5.72. The van der Waals surface area contributed by atoms with Gasteiger partial charge in [-0.3, -0.25) is 0 Å². The van der Waals surface area contributed by atoms with E-state index in [-0.39, 0.29) is 5.82 Å². The standard InChI is InChI=1S/C15H23FIN/c1-10(2)7-13(8-11(3)4)18-15-6-5-12(16)9-14(15)17/h5-6,9-11,13,18H,7-8H2,1-4H3. The molecule has 1 nitrogen and oxygen atoms in total. The summed E-state index contributed by atoms with van der Waals surface area (Å²) in [4.78, 5) is 0. The van der Waals surface area contributed by atoms with Crippen LogP contribution in [0.1, 0.15) is 40.5 Å². The van der Waals surface area contributed by atoms with Crippen LogP contribution in [0.15, 0.2) is 18.2 Å². The first-order valence-electron chi connectivity index (χ1n) is 6.60. The SMILES string of the molecule is CC(C)CC(CC(C)C)Nc1ccc(F)cc1I. The molecule has 0 aromatic heterocycles. The predicted octanol–water partition coefficient (Wildman–Crippen LogP) is 5.30. The van der Waals surface area contributed by atoms with E-state index >= 15 is 0 Å². The molecule has 18 heavy (non-hydrogen) atoms. The second kappa shape index (κ2) is 7.31. The lowest BCUT2D eigenvalue weighted by molar-refractivity contribution is 0.442. The maximum absolute atomic E-state index is 13.1. The van der Waals surface area contributed by atoms with Gasteiger partial charge < -0.3 is 5.32 Å². The summed E-state index contributed by atoms with van der Waals surface area (Å²) in [7, 11) is 0. The minimum Gasteiger partial charge on any atom is -0.381 e. The zero-order valence-corrected chi connectivity index (χ0v) is 13.8. The van der Waals surface area contributed by atoms with Gasteiger partial charge in [0.1, 0.15) is 5.82 Å². The van der Waals surface area contributed by atoms with E-state index in [4.69, 9.17) is 0 Å². The van der Waals surface area contributed by atoms with E-state index in [9.17, 15) is 4.39 Å². The number of halogens is 2. The highest BCUT2D eigenvalue weighted by atomic mass is 127. The molecule has 0 amide bonds. The summed E-state index contributed by atoms with van der Waals surface area (Å²) < 4.78 is 14.0. The highest BCUT2D eigenvalue weighted by Crippen LogP contribution is 2.23. The Morgan fingerprint density at radius 1 is 1.11 bits per heavy atom. The van der Waals surface area contributed by atoms with Crippen LogP contribution in [0.25, 0.3) is 0 Å². The van der Waals surface area contributed by atoms with Crippen molar-refractivity contribution >= 4 is 28.3 Å². The maximum atomic E-state index is 13.1. The molecule has 0 fully saturated rings. The van der Waals surface area contributed by atoms with Crippen LogP contribution in [-0.2, 0) is 0 Å². The van der Waals surface area contributed by atoms with Crippen molar-refractivity contribution in [2.24, 2.45) is 11.8 Å². The van der Waals surface area contributed by atoms with Crippen LogP contribution in [0.4, 0.5) is 10.1 Å². The van der Waals surface area contributed by atoms with Crippen molar-refractivity contribution < 1.29 is 4.39 Å². The molecule has 0 radical (unpaired) electrons. The van der Waals surface area contributed by atoms with Gasteiger partial charge in [-0.15, -0.1) is 0 Å². The summed E-state index contributed by atoms with van der Waals surface area (Å²) in [5, 5.41) is 3.56. The van der Waals surface area contributed by atoms with Crippen molar-refractivity contribution in [3.8, 4) is 0 Å². The summed E-state index contributed by atoms with van der Waals surface area (Å²) in [6.07, 6.45) is 2.29. The molecule has 0 bridgehead atoms. The van der Waals surface area contributed by atoms with Gasteiger partial charge in [0.15, 0.2) is 0 Å². The molecule has 0 saturated carbocycles.